The number of carbonyl (C=O) groups is 2. The van der Waals surface area contributed by atoms with E-state index in [2.05, 4.69) is 17.6 Å². The van der Waals surface area contributed by atoms with Crippen molar-refractivity contribution in [2.75, 3.05) is 27.2 Å². The molecule has 1 fully saturated rings. The molecule has 1 heterocycles. The van der Waals surface area contributed by atoms with Crippen LogP contribution >= 0.6 is 12.4 Å². The Kier molecular flexibility index (Phi) is 6.84. The van der Waals surface area contributed by atoms with Gasteiger partial charge in [0.15, 0.2) is 0 Å². The molecule has 0 aromatic heterocycles. The lowest BCUT2D eigenvalue weighted by atomic mass is 9.94. The second kappa shape index (κ2) is 8.15. The van der Waals surface area contributed by atoms with E-state index >= 15 is 0 Å². The predicted octanol–water partition coefficient (Wildman–Crippen LogP) is 1.54. The second-order valence-electron chi connectivity index (χ2n) is 5.83. The first-order chi connectivity index (χ1) is 9.99. The van der Waals surface area contributed by atoms with E-state index in [0.717, 1.165) is 19.5 Å². The maximum Gasteiger partial charge on any atom is 0.253 e. The summed E-state index contributed by atoms with van der Waals surface area (Å²) in [7, 11) is 3.40. The van der Waals surface area contributed by atoms with E-state index in [0.29, 0.717) is 17.0 Å². The summed E-state index contributed by atoms with van der Waals surface area (Å²) >= 11 is 0. The first kappa shape index (κ1) is 18.5. The van der Waals surface area contributed by atoms with Crippen molar-refractivity contribution in [3.63, 3.8) is 0 Å². The van der Waals surface area contributed by atoms with Crippen molar-refractivity contribution in [1.29, 1.82) is 0 Å². The van der Waals surface area contributed by atoms with Crippen molar-refractivity contribution in [1.82, 2.24) is 15.5 Å². The molecule has 22 heavy (non-hydrogen) atoms. The first-order valence-corrected chi connectivity index (χ1v) is 7.32. The molecular formula is C16H24ClN3O2. The van der Waals surface area contributed by atoms with Crippen molar-refractivity contribution in [3.05, 3.63) is 35.4 Å². The lowest BCUT2D eigenvalue weighted by Gasteiger charge is -2.30. The van der Waals surface area contributed by atoms with Crippen molar-refractivity contribution in [3.8, 4) is 0 Å². The summed E-state index contributed by atoms with van der Waals surface area (Å²) in [5.74, 6) is 0.239. The molecule has 0 spiro atoms. The number of hydrogen-bond donors (Lipinski definition) is 2. The summed E-state index contributed by atoms with van der Waals surface area (Å²) in [6.07, 6.45) is 1.06. The number of benzene rings is 1. The van der Waals surface area contributed by atoms with Crippen LogP contribution < -0.4 is 10.6 Å². The molecule has 0 saturated carbocycles. The van der Waals surface area contributed by atoms with Gasteiger partial charge in [0, 0.05) is 37.8 Å². The molecular weight excluding hydrogens is 302 g/mol. The van der Waals surface area contributed by atoms with Crippen molar-refractivity contribution < 1.29 is 9.59 Å². The van der Waals surface area contributed by atoms with Crippen molar-refractivity contribution in [2.24, 2.45) is 5.92 Å². The van der Waals surface area contributed by atoms with Crippen molar-refractivity contribution >= 4 is 24.2 Å². The van der Waals surface area contributed by atoms with E-state index < -0.39 is 0 Å². The Morgan fingerprint density at radius 3 is 2.59 bits per heavy atom. The van der Waals surface area contributed by atoms with Gasteiger partial charge in [-0.15, -0.1) is 12.4 Å². The van der Waals surface area contributed by atoms with Crippen LogP contribution in [0.3, 0.4) is 0 Å². The smallest absolute Gasteiger partial charge is 0.253 e. The van der Waals surface area contributed by atoms with Gasteiger partial charge in [-0.2, -0.15) is 0 Å². The number of carbonyl (C=O) groups excluding carboxylic acids is 2. The van der Waals surface area contributed by atoms with E-state index in [1.54, 1.807) is 38.4 Å². The third kappa shape index (κ3) is 4.45. The summed E-state index contributed by atoms with van der Waals surface area (Å²) in [6, 6.07) is 7.00. The highest BCUT2D eigenvalue weighted by molar-refractivity contribution is 5.99. The molecule has 2 unspecified atom stereocenters. The van der Waals surface area contributed by atoms with Crippen LogP contribution in [-0.4, -0.2) is 49.9 Å². The maximum atomic E-state index is 12.3. The lowest BCUT2D eigenvalue weighted by Crippen LogP contribution is -2.50. The summed E-state index contributed by atoms with van der Waals surface area (Å²) in [5.41, 5.74) is 1.06. The molecule has 0 radical (unpaired) electrons. The van der Waals surface area contributed by atoms with E-state index in [9.17, 15) is 9.59 Å². The largest absolute Gasteiger partial charge is 0.348 e. The van der Waals surface area contributed by atoms with Gasteiger partial charge in [0.2, 0.25) is 0 Å². The minimum Gasteiger partial charge on any atom is -0.348 e. The SMILES string of the molecule is CC1CCNCC1NC(=O)c1cccc(C(=O)N(C)C)c1.Cl. The zero-order valence-corrected chi connectivity index (χ0v) is 14.1. The van der Waals surface area contributed by atoms with Crippen LogP contribution in [0.1, 0.15) is 34.1 Å². The molecule has 0 bridgehead atoms. The van der Waals surface area contributed by atoms with Crippen LogP contribution in [0.25, 0.3) is 0 Å². The number of amides is 2. The highest BCUT2D eigenvalue weighted by atomic mass is 35.5. The summed E-state index contributed by atoms with van der Waals surface area (Å²) < 4.78 is 0. The van der Waals surface area contributed by atoms with Gasteiger partial charge in [-0.1, -0.05) is 13.0 Å². The zero-order valence-electron chi connectivity index (χ0n) is 13.3. The fourth-order valence-electron chi connectivity index (χ4n) is 2.49. The summed E-state index contributed by atoms with van der Waals surface area (Å²) in [5, 5.41) is 6.35. The van der Waals surface area contributed by atoms with Gasteiger partial charge in [0.25, 0.3) is 11.8 Å². The topological polar surface area (TPSA) is 61.4 Å². The highest BCUT2D eigenvalue weighted by Gasteiger charge is 2.23. The van der Waals surface area contributed by atoms with Gasteiger partial charge in [-0.25, -0.2) is 0 Å². The number of nitrogens with zero attached hydrogens (tertiary/aromatic N) is 1. The standard InChI is InChI=1S/C16H23N3O2.ClH/c1-11-7-8-17-10-14(11)18-15(20)12-5-4-6-13(9-12)16(21)19(2)3;/h4-6,9,11,14,17H,7-8,10H2,1-3H3,(H,18,20);1H. The number of hydrogen-bond acceptors (Lipinski definition) is 3. The van der Waals surface area contributed by atoms with Gasteiger partial charge in [-0.3, -0.25) is 9.59 Å². The van der Waals surface area contributed by atoms with Gasteiger partial charge in [0.1, 0.15) is 0 Å². The third-order valence-corrected chi connectivity index (χ3v) is 3.92. The van der Waals surface area contributed by atoms with Gasteiger partial charge >= 0.3 is 0 Å². The molecule has 1 aliphatic rings. The van der Waals surface area contributed by atoms with Crippen LogP contribution in [0.15, 0.2) is 24.3 Å². The Balaban J connectivity index is 0.00000242. The minimum absolute atomic E-state index is 0. The Bertz CT molecular complexity index is 534. The maximum absolute atomic E-state index is 12.3. The lowest BCUT2D eigenvalue weighted by molar-refractivity contribution is 0.0827. The van der Waals surface area contributed by atoms with Gasteiger partial charge in [-0.05, 0) is 37.1 Å². The number of piperidine rings is 1. The van der Waals surface area contributed by atoms with Gasteiger partial charge < -0.3 is 15.5 Å². The molecule has 1 saturated heterocycles. The molecule has 122 valence electrons. The second-order valence-corrected chi connectivity index (χ2v) is 5.83. The van der Waals surface area contributed by atoms with Crippen LogP contribution in [0.5, 0.6) is 0 Å². The molecule has 0 aliphatic carbocycles. The Hall–Kier alpha value is -1.59. The molecule has 6 heteroatoms. The first-order valence-electron chi connectivity index (χ1n) is 7.32. The van der Waals surface area contributed by atoms with E-state index in [-0.39, 0.29) is 30.3 Å². The van der Waals surface area contributed by atoms with Crippen LogP contribution in [0, 0.1) is 5.92 Å². The fourth-order valence-corrected chi connectivity index (χ4v) is 2.49. The highest BCUT2D eigenvalue weighted by Crippen LogP contribution is 2.13. The molecule has 1 aliphatic heterocycles. The van der Waals surface area contributed by atoms with E-state index in [1.165, 1.54) is 4.90 Å². The Morgan fingerprint density at radius 1 is 1.27 bits per heavy atom. The number of halogens is 1. The molecule has 2 atom stereocenters. The fraction of sp³-hybridized carbons (Fsp3) is 0.500. The third-order valence-electron chi connectivity index (χ3n) is 3.92. The monoisotopic (exact) mass is 325 g/mol. The van der Waals surface area contributed by atoms with Crippen LogP contribution in [-0.2, 0) is 0 Å². The minimum atomic E-state index is -0.121. The molecule has 2 rings (SSSR count). The molecule has 5 nitrogen and oxygen atoms in total. The normalized spacial score (nSPS) is 20.7. The summed E-state index contributed by atoms with van der Waals surface area (Å²) in [6.45, 7) is 3.95. The Morgan fingerprint density at radius 2 is 1.95 bits per heavy atom. The average Bonchev–Trinajstić information content (AvgIpc) is 2.48. The van der Waals surface area contributed by atoms with Crippen LogP contribution in [0.4, 0.5) is 0 Å². The number of nitrogens with one attached hydrogen (secondary N) is 2. The molecule has 2 amide bonds. The van der Waals surface area contributed by atoms with E-state index in [4.69, 9.17) is 0 Å². The number of rotatable bonds is 3. The summed E-state index contributed by atoms with van der Waals surface area (Å²) in [4.78, 5) is 25.8. The van der Waals surface area contributed by atoms with E-state index in [1.807, 2.05) is 0 Å². The molecule has 1 aromatic rings. The molecule has 1 aromatic carbocycles. The van der Waals surface area contributed by atoms with Crippen LogP contribution in [0.2, 0.25) is 0 Å². The van der Waals surface area contributed by atoms with Gasteiger partial charge in [0.05, 0.1) is 0 Å². The van der Waals surface area contributed by atoms with Crippen molar-refractivity contribution in [2.45, 2.75) is 19.4 Å². The molecule has 2 N–H and O–H groups in total. The predicted molar refractivity (Wildman–Crippen MR) is 89.6 cm³/mol. The average molecular weight is 326 g/mol. The zero-order chi connectivity index (χ0) is 15.4. The Labute approximate surface area is 137 Å². The quantitative estimate of drug-likeness (QED) is 0.886.